The van der Waals surface area contributed by atoms with Crippen LogP contribution < -0.4 is 25.3 Å². The van der Waals surface area contributed by atoms with Gasteiger partial charge in [-0.1, -0.05) is 30.3 Å². The van der Waals surface area contributed by atoms with E-state index in [2.05, 4.69) is 5.32 Å². The Kier molecular flexibility index (Phi) is 6.99. The molecule has 38 heavy (non-hydrogen) atoms. The molecule has 5 rings (SSSR count). The first-order valence-electron chi connectivity index (χ1n) is 12.2. The second kappa shape index (κ2) is 10.7. The average Bonchev–Trinajstić information content (AvgIpc) is 3.21. The molecule has 0 unspecified atom stereocenters. The summed E-state index contributed by atoms with van der Waals surface area (Å²) in [4.78, 5) is 23.1. The normalized spacial score (nSPS) is 11.0. The molecular formula is C29H29N5O4. The van der Waals surface area contributed by atoms with Gasteiger partial charge in [-0.3, -0.25) is 4.79 Å². The first kappa shape index (κ1) is 24.9. The first-order valence-corrected chi connectivity index (χ1v) is 12.2. The fourth-order valence-electron chi connectivity index (χ4n) is 4.46. The highest BCUT2D eigenvalue weighted by molar-refractivity contribution is 6.10. The summed E-state index contributed by atoms with van der Waals surface area (Å²) in [7, 11) is 4.82. The van der Waals surface area contributed by atoms with E-state index < -0.39 is 0 Å². The van der Waals surface area contributed by atoms with E-state index in [-0.39, 0.29) is 5.91 Å². The van der Waals surface area contributed by atoms with Crippen LogP contribution in [0.3, 0.4) is 0 Å². The molecule has 0 aliphatic rings. The van der Waals surface area contributed by atoms with Gasteiger partial charge in [0.15, 0.2) is 17.1 Å². The topological polar surface area (TPSA) is 114 Å². The van der Waals surface area contributed by atoms with Gasteiger partial charge in [0.1, 0.15) is 22.6 Å². The Morgan fingerprint density at radius 3 is 2.24 bits per heavy atom. The Morgan fingerprint density at radius 1 is 0.868 bits per heavy atom. The van der Waals surface area contributed by atoms with Gasteiger partial charge in [-0.25, -0.2) is 9.97 Å². The van der Waals surface area contributed by atoms with Crippen LogP contribution in [0.1, 0.15) is 21.5 Å². The minimum atomic E-state index is -0.300. The molecule has 0 radical (unpaired) electrons. The molecule has 0 atom stereocenters. The lowest BCUT2D eigenvalue weighted by molar-refractivity contribution is 0.0956. The third-order valence-electron chi connectivity index (χ3n) is 6.47. The number of nitrogens with one attached hydrogen (secondary N) is 1. The number of carbonyl (C=O) groups is 1. The molecule has 0 spiro atoms. The van der Waals surface area contributed by atoms with Crippen molar-refractivity contribution in [3.05, 3.63) is 83.4 Å². The Morgan fingerprint density at radius 2 is 1.55 bits per heavy atom. The fourth-order valence-corrected chi connectivity index (χ4v) is 4.46. The SMILES string of the molecule is COc1ccc(Cn2c(N)c(C(=O)NCCc3ccc(OC)c(OC)c3)c3nc4ccccc4nc32)cc1. The quantitative estimate of drug-likeness (QED) is 0.305. The van der Waals surface area contributed by atoms with Crippen LogP contribution in [0.4, 0.5) is 5.82 Å². The predicted molar refractivity (Wildman–Crippen MR) is 147 cm³/mol. The predicted octanol–water partition coefficient (Wildman–Crippen LogP) is 4.21. The summed E-state index contributed by atoms with van der Waals surface area (Å²) in [6.45, 7) is 0.832. The van der Waals surface area contributed by atoms with Gasteiger partial charge in [0.05, 0.1) is 38.9 Å². The average molecular weight is 512 g/mol. The van der Waals surface area contributed by atoms with E-state index in [1.807, 2.05) is 71.3 Å². The molecular weight excluding hydrogens is 482 g/mol. The van der Waals surface area contributed by atoms with Crippen LogP contribution in [-0.4, -0.2) is 48.3 Å². The van der Waals surface area contributed by atoms with Crippen molar-refractivity contribution in [3.8, 4) is 17.2 Å². The molecule has 0 bridgehead atoms. The van der Waals surface area contributed by atoms with Gasteiger partial charge >= 0.3 is 0 Å². The molecule has 2 aromatic heterocycles. The van der Waals surface area contributed by atoms with E-state index in [4.69, 9.17) is 29.9 Å². The zero-order valence-corrected chi connectivity index (χ0v) is 21.5. The van der Waals surface area contributed by atoms with Crippen molar-refractivity contribution < 1.29 is 19.0 Å². The summed E-state index contributed by atoms with van der Waals surface area (Å²) >= 11 is 0. The third-order valence-corrected chi connectivity index (χ3v) is 6.47. The molecule has 5 aromatic rings. The minimum absolute atomic E-state index is 0.300. The minimum Gasteiger partial charge on any atom is -0.497 e. The van der Waals surface area contributed by atoms with Gasteiger partial charge in [-0.15, -0.1) is 0 Å². The monoisotopic (exact) mass is 511 g/mol. The van der Waals surface area contributed by atoms with E-state index in [1.165, 1.54) is 0 Å². The Labute approximate surface area is 220 Å². The first-order chi connectivity index (χ1) is 18.5. The number of aromatic nitrogens is 3. The van der Waals surface area contributed by atoms with Crippen LogP contribution in [0.15, 0.2) is 66.7 Å². The number of amides is 1. The van der Waals surface area contributed by atoms with E-state index in [9.17, 15) is 4.79 Å². The number of hydrogen-bond donors (Lipinski definition) is 2. The number of anilines is 1. The van der Waals surface area contributed by atoms with E-state index >= 15 is 0 Å². The summed E-state index contributed by atoms with van der Waals surface area (Å²) in [6, 6.07) is 21.0. The summed E-state index contributed by atoms with van der Waals surface area (Å²) in [6.07, 6.45) is 0.602. The fraction of sp³-hybridized carbons (Fsp3) is 0.207. The lowest BCUT2D eigenvalue weighted by Crippen LogP contribution is -2.26. The molecule has 0 fully saturated rings. The zero-order chi connectivity index (χ0) is 26.6. The standard InChI is InChI=1S/C29H29N5O4/c1-36-20-11-8-19(9-12-20)17-34-27(30)25(26-28(34)33-22-7-5-4-6-21(22)32-26)29(35)31-15-14-18-10-13-23(37-2)24(16-18)38-3/h4-13,16H,14-15,17,30H2,1-3H3,(H,31,35). The van der Waals surface area contributed by atoms with Crippen molar-refractivity contribution >= 4 is 33.9 Å². The van der Waals surface area contributed by atoms with Crippen molar-refractivity contribution in [1.82, 2.24) is 19.9 Å². The van der Waals surface area contributed by atoms with Crippen LogP contribution in [0.2, 0.25) is 0 Å². The number of rotatable bonds is 9. The lowest BCUT2D eigenvalue weighted by atomic mass is 10.1. The van der Waals surface area contributed by atoms with E-state index in [0.717, 1.165) is 22.4 Å². The van der Waals surface area contributed by atoms with Crippen LogP contribution in [-0.2, 0) is 13.0 Å². The molecule has 3 aromatic carbocycles. The molecule has 9 nitrogen and oxygen atoms in total. The molecule has 1 amide bonds. The molecule has 9 heteroatoms. The highest BCUT2D eigenvalue weighted by Crippen LogP contribution is 2.30. The molecule has 194 valence electrons. The van der Waals surface area contributed by atoms with Gasteiger partial charge in [0, 0.05) is 6.54 Å². The Hall–Kier alpha value is -4.79. The number of ether oxygens (including phenoxy) is 3. The van der Waals surface area contributed by atoms with Gasteiger partial charge in [-0.05, 0) is 53.9 Å². The number of nitrogen functional groups attached to an aromatic ring is 1. The number of benzene rings is 3. The third kappa shape index (κ3) is 4.78. The van der Waals surface area contributed by atoms with Crippen molar-refractivity contribution in [2.75, 3.05) is 33.6 Å². The molecule has 0 aliphatic carbocycles. The number of nitrogens with two attached hydrogens (primary N) is 1. The van der Waals surface area contributed by atoms with Crippen molar-refractivity contribution in [1.29, 1.82) is 0 Å². The van der Waals surface area contributed by atoms with Crippen LogP contribution in [0, 0.1) is 0 Å². The molecule has 0 saturated carbocycles. The number of carbonyl (C=O) groups excluding carboxylic acids is 1. The van der Waals surface area contributed by atoms with Gasteiger partial charge in [0.25, 0.3) is 5.91 Å². The zero-order valence-electron chi connectivity index (χ0n) is 21.5. The molecule has 0 saturated heterocycles. The van der Waals surface area contributed by atoms with Crippen molar-refractivity contribution in [2.24, 2.45) is 0 Å². The molecule has 0 aliphatic heterocycles. The highest BCUT2D eigenvalue weighted by Gasteiger charge is 2.24. The Balaban J connectivity index is 1.46. The van der Waals surface area contributed by atoms with Crippen molar-refractivity contribution in [2.45, 2.75) is 13.0 Å². The van der Waals surface area contributed by atoms with Gasteiger partial charge in [-0.2, -0.15) is 0 Å². The number of methoxy groups -OCH3 is 3. The summed E-state index contributed by atoms with van der Waals surface area (Å²) < 4.78 is 17.8. The maximum absolute atomic E-state index is 13.4. The number of para-hydroxylation sites is 2. The van der Waals surface area contributed by atoms with E-state index in [0.29, 0.717) is 59.1 Å². The van der Waals surface area contributed by atoms with Gasteiger partial charge in [0.2, 0.25) is 0 Å². The summed E-state index contributed by atoms with van der Waals surface area (Å²) in [5.41, 5.74) is 11.4. The lowest BCUT2D eigenvalue weighted by Gasteiger charge is -2.10. The van der Waals surface area contributed by atoms with Crippen LogP contribution in [0.5, 0.6) is 17.2 Å². The molecule has 2 heterocycles. The maximum atomic E-state index is 13.4. The second-order valence-electron chi connectivity index (χ2n) is 8.77. The molecule has 3 N–H and O–H groups in total. The van der Waals surface area contributed by atoms with Crippen molar-refractivity contribution in [3.63, 3.8) is 0 Å². The van der Waals surface area contributed by atoms with Gasteiger partial charge < -0.3 is 29.8 Å². The second-order valence-corrected chi connectivity index (χ2v) is 8.77. The highest BCUT2D eigenvalue weighted by atomic mass is 16.5. The summed E-state index contributed by atoms with van der Waals surface area (Å²) in [5, 5.41) is 3.00. The summed E-state index contributed by atoms with van der Waals surface area (Å²) in [5.74, 6) is 2.08. The van der Waals surface area contributed by atoms with Crippen LogP contribution in [0.25, 0.3) is 22.2 Å². The number of fused-ring (bicyclic) bond motifs is 2. The number of nitrogens with zero attached hydrogens (tertiary/aromatic N) is 3. The smallest absolute Gasteiger partial charge is 0.257 e. The number of hydrogen-bond acceptors (Lipinski definition) is 7. The Bertz CT molecular complexity index is 1610. The van der Waals surface area contributed by atoms with Crippen LogP contribution >= 0.6 is 0 Å². The maximum Gasteiger partial charge on any atom is 0.257 e. The van der Waals surface area contributed by atoms with E-state index in [1.54, 1.807) is 21.3 Å². The largest absolute Gasteiger partial charge is 0.497 e.